The first-order chi connectivity index (χ1) is 11.7. The Morgan fingerprint density at radius 1 is 1.12 bits per heavy atom. The SMILES string of the molecule is CCOC(CNC(=O)/C=C/c1ccccc1)c1ccc(OC)cc1. The smallest absolute Gasteiger partial charge is 0.244 e. The molecule has 2 aromatic carbocycles. The second kappa shape index (κ2) is 9.53. The van der Waals surface area contributed by atoms with E-state index in [0.29, 0.717) is 13.2 Å². The van der Waals surface area contributed by atoms with Crippen molar-refractivity contribution in [2.24, 2.45) is 0 Å². The van der Waals surface area contributed by atoms with Crippen molar-refractivity contribution in [2.75, 3.05) is 20.3 Å². The molecule has 0 spiro atoms. The minimum absolute atomic E-state index is 0.142. The van der Waals surface area contributed by atoms with Crippen LogP contribution in [0.4, 0.5) is 0 Å². The van der Waals surface area contributed by atoms with E-state index < -0.39 is 0 Å². The largest absolute Gasteiger partial charge is 0.497 e. The van der Waals surface area contributed by atoms with E-state index in [0.717, 1.165) is 16.9 Å². The molecule has 0 fully saturated rings. The van der Waals surface area contributed by atoms with Gasteiger partial charge in [-0.25, -0.2) is 0 Å². The van der Waals surface area contributed by atoms with Crippen molar-refractivity contribution in [1.82, 2.24) is 5.32 Å². The fourth-order valence-corrected chi connectivity index (χ4v) is 2.28. The molecule has 0 aliphatic rings. The Morgan fingerprint density at radius 2 is 1.83 bits per heavy atom. The predicted octanol–water partition coefficient (Wildman–Crippen LogP) is 3.60. The van der Waals surface area contributed by atoms with Crippen LogP contribution in [-0.2, 0) is 9.53 Å². The third-order valence-corrected chi connectivity index (χ3v) is 3.54. The molecule has 4 heteroatoms. The summed E-state index contributed by atoms with van der Waals surface area (Å²) in [6.45, 7) is 2.93. The Bertz CT molecular complexity index is 650. The van der Waals surface area contributed by atoms with Crippen LogP contribution >= 0.6 is 0 Å². The number of nitrogens with one attached hydrogen (secondary N) is 1. The van der Waals surface area contributed by atoms with E-state index in [1.165, 1.54) is 6.08 Å². The first-order valence-electron chi connectivity index (χ1n) is 7.99. The van der Waals surface area contributed by atoms with E-state index in [1.807, 2.05) is 61.5 Å². The average molecular weight is 325 g/mol. The van der Waals surface area contributed by atoms with Crippen LogP contribution in [0, 0.1) is 0 Å². The monoisotopic (exact) mass is 325 g/mol. The van der Waals surface area contributed by atoms with Gasteiger partial charge in [0, 0.05) is 19.2 Å². The van der Waals surface area contributed by atoms with Crippen molar-refractivity contribution in [2.45, 2.75) is 13.0 Å². The maximum atomic E-state index is 12.0. The molecule has 0 aliphatic carbocycles. The van der Waals surface area contributed by atoms with E-state index >= 15 is 0 Å². The summed E-state index contributed by atoms with van der Waals surface area (Å²) in [5, 5.41) is 2.88. The van der Waals surface area contributed by atoms with E-state index in [-0.39, 0.29) is 12.0 Å². The Hall–Kier alpha value is -2.59. The van der Waals surface area contributed by atoms with E-state index in [1.54, 1.807) is 13.2 Å². The number of carbonyl (C=O) groups is 1. The van der Waals surface area contributed by atoms with Crippen LogP contribution in [0.5, 0.6) is 5.75 Å². The molecular weight excluding hydrogens is 302 g/mol. The molecule has 2 aromatic rings. The van der Waals surface area contributed by atoms with Crippen LogP contribution in [0.2, 0.25) is 0 Å². The Labute approximate surface area is 143 Å². The molecule has 1 amide bonds. The fraction of sp³-hybridized carbons (Fsp3) is 0.250. The van der Waals surface area contributed by atoms with E-state index in [2.05, 4.69) is 5.32 Å². The van der Waals surface area contributed by atoms with Crippen LogP contribution in [0.3, 0.4) is 0 Å². The summed E-state index contributed by atoms with van der Waals surface area (Å²) in [4.78, 5) is 12.0. The summed E-state index contributed by atoms with van der Waals surface area (Å²) < 4.78 is 10.9. The molecule has 1 atom stereocenters. The van der Waals surface area contributed by atoms with Crippen LogP contribution in [0.1, 0.15) is 24.2 Å². The molecule has 1 unspecified atom stereocenters. The number of amides is 1. The van der Waals surface area contributed by atoms with Gasteiger partial charge in [0.25, 0.3) is 0 Å². The summed E-state index contributed by atoms with van der Waals surface area (Å²) in [6.07, 6.45) is 3.14. The third kappa shape index (κ3) is 5.56. The molecule has 0 saturated heterocycles. The lowest BCUT2D eigenvalue weighted by Crippen LogP contribution is -2.28. The molecule has 126 valence electrons. The van der Waals surface area contributed by atoms with Crippen molar-refractivity contribution < 1.29 is 14.3 Å². The van der Waals surface area contributed by atoms with Gasteiger partial charge in [-0.1, -0.05) is 42.5 Å². The first kappa shape index (κ1) is 17.8. The summed E-state index contributed by atoms with van der Waals surface area (Å²) in [5.74, 6) is 0.654. The number of ether oxygens (including phenoxy) is 2. The van der Waals surface area contributed by atoms with E-state index in [4.69, 9.17) is 9.47 Å². The number of methoxy groups -OCH3 is 1. The molecule has 0 aromatic heterocycles. The molecule has 1 N–H and O–H groups in total. The van der Waals surface area contributed by atoms with Crippen LogP contribution < -0.4 is 10.1 Å². The minimum Gasteiger partial charge on any atom is -0.497 e. The Kier molecular flexibility index (Phi) is 7.05. The van der Waals surface area contributed by atoms with E-state index in [9.17, 15) is 4.79 Å². The van der Waals surface area contributed by atoms with Crippen molar-refractivity contribution in [3.8, 4) is 5.75 Å². The second-order valence-corrected chi connectivity index (χ2v) is 5.21. The molecule has 4 nitrogen and oxygen atoms in total. The quantitative estimate of drug-likeness (QED) is 0.754. The molecule has 0 aliphatic heterocycles. The normalized spacial score (nSPS) is 12.1. The molecule has 0 saturated carbocycles. The topological polar surface area (TPSA) is 47.6 Å². The molecule has 0 radical (unpaired) electrons. The third-order valence-electron chi connectivity index (χ3n) is 3.54. The minimum atomic E-state index is -0.185. The number of hydrogen-bond donors (Lipinski definition) is 1. The number of hydrogen-bond acceptors (Lipinski definition) is 3. The molecule has 24 heavy (non-hydrogen) atoms. The van der Waals surface area contributed by atoms with Gasteiger partial charge in [0.15, 0.2) is 0 Å². The van der Waals surface area contributed by atoms with Crippen molar-refractivity contribution >= 4 is 12.0 Å². The van der Waals surface area contributed by atoms with Crippen molar-refractivity contribution in [3.05, 3.63) is 71.8 Å². The van der Waals surface area contributed by atoms with Gasteiger partial charge in [0.2, 0.25) is 5.91 Å². The number of rotatable bonds is 8. The van der Waals surface area contributed by atoms with Crippen LogP contribution in [0.25, 0.3) is 6.08 Å². The highest BCUT2D eigenvalue weighted by Gasteiger charge is 2.12. The first-order valence-corrected chi connectivity index (χ1v) is 7.99. The Balaban J connectivity index is 1.92. The molecule has 0 heterocycles. The Morgan fingerprint density at radius 3 is 2.46 bits per heavy atom. The van der Waals surface area contributed by atoms with Crippen molar-refractivity contribution in [1.29, 1.82) is 0 Å². The number of benzene rings is 2. The zero-order valence-electron chi connectivity index (χ0n) is 14.1. The molecule has 2 rings (SSSR count). The maximum Gasteiger partial charge on any atom is 0.244 e. The highest BCUT2D eigenvalue weighted by atomic mass is 16.5. The van der Waals surface area contributed by atoms with Crippen LogP contribution in [0.15, 0.2) is 60.7 Å². The van der Waals surface area contributed by atoms with Gasteiger partial charge in [-0.2, -0.15) is 0 Å². The van der Waals surface area contributed by atoms with Crippen molar-refractivity contribution in [3.63, 3.8) is 0 Å². The van der Waals surface area contributed by atoms with Gasteiger partial charge in [0.1, 0.15) is 5.75 Å². The maximum absolute atomic E-state index is 12.0. The van der Waals surface area contributed by atoms with Gasteiger partial charge in [0.05, 0.1) is 13.2 Å². The summed E-state index contributed by atoms with van der Waals surface area (Å²) in [5.41, 5.74) is 1.99. The predicted molar refractivity (Wildman–Crippen MR) is 95.8 cm³/mol. The summed E-state index contributed by atoms with van der Waals surface area (Å²) >= 11 is 0. The highest BCUT2D eigenvalue weighted by Crippen LogP contribution is 2.20. The average Bonchev–Trinajstić information content (AvgIpc) is 2.64. The lowest BCUT2D eigenvalue weighted by atomic mass is 10.1. The van der Waals surface area contributed by atoms with Crippen LogP contribution in [-0.4, -0.2) is 26.2 Å². The number of carbonyl (C=O) groups excluding carboxylic acids is 1. The second-order valence-electron chi connectivity index (χ2n) is 5.21. The van der Waals surface area contributed by atoms with Gasteiger partial charge in [-0.05, 0) is 36.3 Å². The van der Waals surface area contributed by atoms with Gasteiger partial charge in [-0.3, -0.25) is 4.79 Å². The molecule has 0 bridgehead atoms. The van der Waals surface area contributed by atoms with Gasteiger partial charge < -0.3 is 14.8 Å². The van der Waals surface area contributed by atoms with Gasteiger partial charge >= 0.3 is 0 Å². The standard InChI is InChI=1S/C20H23NO3/c1-3-24-19(17-10-12-18(23-2)13-11-17)15-21-20(22)14-9-16-7-5-4-6-8-16/h4-14,19H,3,15H2,1-2H3,(H,21,22)/b14-9+. The summed E-state index contributed by atoms with van der Waals surface area (Å²) in [6, 6.07) is 17.4. The zero-order valence-corrected chi connectivity index (χ0v) is 14.1. The lowest BCUT2D eigenvalue weighted by Gasteiger charge is -2.18. The summed E-state index contributed by atoms with van der Waals surface area (Å²) in [7, 11) is 1.63. The highest BCUT2D eigenvalue weighted by molar-refractivity contribution is 5.91. The molecular formula is C20H23NO3. The lowest BCUT2D eigenvalue weighted by molar-refractivity contribution is -0.117. The van der Waals surface area contributed by atoms with Gasteiger partial charge in [-0.15, -0.1) is 0 Å². The fourth-order valence-electron chi connectivity index (χ4n) is 2.28. The zero-order chi connectivity index (χ0) is 17.2.